The highest BCUT2D eigenvalue weighted by Crippen LogP contribution is 2.48. The fraction of sp³-hybridized carbons (Fsp3) is 0.533. The molecule has 3 heterocycles. The van der Waals surface area contributed by atoms with Crippen LogP contribution in [-0.2, 0) is 30.1 Å². The van der Waals surface area contributed by atoms with Gasteiger partial charge in [0.15, 0.2) is 0 Å². The Morgan fingerprint density at radius 3 is 2.27 bits per heavy atom. The maximum absolute atomic E-state index is 15.0. The van der Waals surface area contributed by atoms with Crippen LogP contribution < -0.4 is 14.8 Å². The van der Waals surface area contributed by atoms with Crippen molar-refractivity contribution < 1.29 is 50.2 Å². The van der Waals surface area contributed by atoms with Crippen molar-refractivity contribution >= 4 is 45.4 Å². The number of likely N-dealkylation sites (tertiary alicyclic amines) is 2. The molecule has 2 aliphatic carbocycles. The number of nitrogens with one attached hydrogen (secondary N) is 1. The Bertz CT molecular complexity index is 2320. The van der Waals surface area contributed by atoms with E-state index in [1.54, 1.807) is 40.0 Å². The number of aryl methyl sites for hydroxylation is 1. The lowest BCUT2D eigenvalue weighted by molar-refractivity contribution is -0.186. The molecule has 13 nitrogen and oxygen atoms in total. The summed E-state index contributed by atoms with van der Waals surface area (Å²) in [6.45, 7) is 10.8. The van der Waals surface area contributed by atoms with E-state index in [2.05, 4.69) is 11.9 Å². The molecule has 4 amide bonds. The number of thiol groups is 1. The summed E-state index contributed by atoms with van der Waals surface area (Å²) in [5, 5.41) is 3.51. The molecule has 7 rings (SSSR count). The van der Waals surface area contributed by atoms with Crippen molar-refractivity contribution in [3.63, 3.8) is 0 Å². The number of carbonyl (C=O) groups excluding carboxylic acids is 4. The van der Waals surface area contributed by atoms with Crippen LogP contribution in [0.1, 0.15) is 71.3 Å². The van der Waals surface area contributed by atoms with Crippen LogP contribution in [0.5, 0.6) is 11.5 Å². The zero-order valence-corrected chi connectivity index (χ0v) is 36.5. The number of pyridine rings is 1. The molecule has 62 heavy (non-hydrogen) atoms. The summed E-state index contributed by atoms with van der Waals surface area (Å²) in [6, 6.07) is 13.2. The Hall–Kier alpha value is -5.19. The molecule has 2 saturated heterocycles. The normalized spacial score (nSPS) is 23.5. The summed E-state index contributed by atoms with van der Waals surface area (Å²) in [6.07, 6.45) is -3.31. The number of carbonyl (C=O) groups is 4. The zero-order valence-electron chi connectivity index (χ0n) is 35.6. The largest absolute Gasteiger partial charge is 0.496 e. The minimum Gasteiger partial charge on any atom is -0.496 e. The number of ether oxygens (including phenoxy) is 2. The minimum absolute atomic E-state index is 0.0296. The highest BCUT2D eigenvalue weighted by atomic mass is 32.2. The van der Waals surface area contributed by atoms with Crippen molar-refractivity contribution in [2.24, 2.45) is 23.2 Å². The highest BCUT2D eigenvalue weighted by Gasteiger charge is 2.63. The van der Waals surface area contributed by atoms with Crippen LogP contribution in [0.2, 0.25) is 0 Å². The molecule has 2 aliphatic heterocycles. The Balaban J connectivity index is 1.22. The number of fused-ring (bicyclic) bond motifs is 1. The SMILES string of the molecule is C=CC1C[C@]1(NC(=O)[C@@H]1C[C@@H](Oc2cc(-c3ccccc3)nc3c(C)c(OC)ccc23)CN1C(=O)[C@@H](CC(=O)N1CCC(C(F)(F)F)CC1)C(C)(C)C)C(=O)N(C1CC1)[SH](=O)=O. The fourth-order valence-electron chi connectivity index (χ4n) is 8.95. The number of nitrogens with zero attached hydrogens (tertiary/aromatic N) is 4. The van der Waals surface area contributed by atoms with Crippen LogP contribution in [0.15, 0.2) is 61.2 Å². The standard InChI is InChI=1S/C45H54F3N5O8S/c1-7-28-24-44(28,42(57)53(62(58)59)30-13-14-30)50-40(55)35-21-31(61-37-23-34(27-11-9-8-10-12-27)49-39-26(2)36(60-6)16-15-32(37)39)25-52(35)41(56)33(43(3,4)5)22-38(54)51-19-17-29(18-20-51)45(46,47)48/h7-12,15-16,23,28-31,33,35,62H,1,13-14,17-22,24-25H2,2-6H3,(H,50,55)/t28?,31-,33-,35+,44-/m1/s1. The number of benzene rings is 2. The highest BCUT2D eigenvalue weighted by molar-refractivity contribution is 7.70. The van der Waals surface area contributed by atoms with Crippen molar-refractivity contribution in [2.45, 2.75) is 103 Å². The summed E-state index contributed by atoms with van der Waals surface area (Å²) < 4.78 is 78.2. The molecule has 0 bridgehead atoms. The zero-order chi connectivity index (χ0) is 44.9. The lowest BCUT2D eigenvalue weighted by Crippen LogP contribution is -2.57. The van der Waals surface area contributed by atoms with Crippen LogP contribution >= 0.6 is 0 Å². The van der Waals surface area contributed by atoms with E-state index in [0.717, 1.165) is 15.4 Å². The van der Waals surface area contributed by atoms with E-state index in [0.29, 0.717) is 40.9 Å². The third kappa shape index (κ3) is 9.00. The van der Waals surface area contributed by atoms with E-state index in [4.69, 9.17) is 14.5 Å². The summed E-state index contributed by atoms with van der Waals surface area (Å²) in [7, 11) is -1.73. The molecule has 0 radical (unpaired) electrons. The first-order valence-electron chi connectivity index (χ1n) is 21.0. The van der Waals surface area contributed by atoms with Crippen LogP contribution in [0.25, 0.3) is 22.2 Å². The van der Waals surface area contributed by atoms with Crippen molar-refractivity contribution in [2.75, 3.05) is 26.7 Å². The van der Waals surface area contributed by atoms with Gasteiger partial charge in [-0.2, -0.15) is 13.2 Å². The van der Waals surface area contributed by atoms with E-state index >= 15 is 0 Å². The number of aromatic nitrogens is 1. The number of hydrogen-bond acceptors (Lipinski definition) is 9. The number of methoxy groups -OCH3 is 1. The van der Waals surface area contributed by atoms with Crippen LogP contribution in [-0.4, -0.2) is 108 Å². The average molecular weight is 882 g/mol. The molecule has 5 atom stereocenters. The van der Waals surface area contributed by atoms with E-state index < -0.39 is 87.6 Å². The van der Waals surface area contributed by atoms with Gasteiger partial charge in [-0.1, -0.05) is 57.2 Å². The summed E-state index contributed by atoms with van der Waals surface area (Å²) >= 11 is 0. The molecule has 4 fully saturated rings. The Morgan fingerprint density at radius 1 is 1.03 bits per heavy atom. The maximum Gasteiger partial charge on any atom is 0.391 e. The molecule has 1 aromatic heterocycles. The second-order valence-corrected chi connectivity index (χ2v) is 19.0. The monoisotopic (exact) mass is 881 g/mol. The van der Waals surface area contributed by atoms with E-state index in [1.165, 1.54) is 15.9 Å². The molecule has 334 valence electrons. The van der Waals surface area contributed by atoms with Gasteiger partial charge >= 0.3 is 6.18 Å². The molecular formula is C45H54F3N5O8S. The van der Waals surface area contributed by atoms with Gasteiger partial charge in [0.25, 0.3) is 5.91 Å². The number of rotatable bonds is 13. The predicted molar refractivity (Wildman–Crippen MR) is 225 cm³/mol. The van der Waals surface area contributed by atoms with Gasteiger partial charge in [-0.05, 0) is 56.6 Å². The lowest BCUT2D eigenvalue weighted by atomic mass is 9.77. The topological polar surface area (TPSA) is 156 Å². The van der Waals surface area contributed by atoms with Gasteiger partial charge in [-0.3, -0.25) is 19.2 Å². The third-order valence-corrected chi connectivity index (χ3v) is 13.8. The number of amides is 4. The first-order chi connectivity index (χ1) is 29.3. The van der Waals surface area contributed by atoms with Crippen LogP contribution in [0.3, 0.4) is 0 Å². The molecule has 1 N–H and O–H groups in total. The van der Waals surface area contributed by atoms with Gasteiger partial charge in [0, 0.05) is 60.5 Å². The molecule has 0 spiro atoms. The summed E-state index contributed by atoms with van der Waals surface area (Å²) in [5.41, 5.74) is 0.383. The molecule has 2 aromatic carbocycles. The second-order valence-electron chi connectivity index (χ2n) is 18.1. The molecule has 3 aromatic rings. The lowest BCUT2D eigenvalue weighted by Gasteiger charge is -2.37. The molecule has 17 heteroatoms. The number of piperidine rings is 1. The van der Waals surface area contributed by atoms with Gasteiger partial charge in [0.05, 0.1) is 36.7 Å². The predicted octanol–water partition coefficient (Wildman–Crippen LogP) is 6.00. The van der Waals surface area contributed by atoms with Crippen molar-refractivity contribution in [1.29, 1.82) is 0 Å². The van der Waals surface area contributed by atoms with Gasteiger partial charge in [-0.15, -0.1) is 6.58 Å². The summed E-state index contributed by atoms with van der Waals surface area (Å²) in [4.78, 5) is 65.1. The second kappa shape index (κ2) is 17.2. The summed E-state index contributed by atoms with van der Waals surface area (Å²) in [5.74, 6) is -4.47. The van der Waals surface area contributed by atoms with E-state index in [1.807, 2.05) is 43.3 Å². The molecular weight excluding hydrogens is 828 g/mol. The average Bonchev–Trinajstić information content (AvgIpc) is 4.15. The fourth-order valence-corrected chi connectivity index (χ4v) is 9.77. The van der Waals surface area contributed by atoms with Gasteiger partial charge in [0.1, 0.15) is 29.2 Å². The third-order valence-electron chi connectivity index (χ3n) is 12.9. The van der Waals surface area contributed by atoms with Gasteiger partial charge in [0.2, 0.25) is 28.6 Å². The van der Waals surface area contributed by atoms with Crippen molar-refractivity contribution in [3.05, 3.63) is 66.7 Å². The Kier molecular flexibility index (Phi) is 12.4. The molecule has 1 unspecified atom stereocenters. The van der Waals surface area contributed by atoms with Crippen LogP contribution in [0.4, 0.5) is 13.2 Å². The molecule has 4 aliphatic rings. The maximum atomic E-state index is 15.0. The van der Waals surface area contributed by atoms with E-state index in [9.17, 15) is 40.8 Å². The minimum atomic E-state index is -4.36. The number of hydrogen-bond donors (Lipinski definition) is 2. The Labute approximate surface area is 361 Å². The quantitative estimate of drug-likeness (QED) is 0.156. The van der Waals surface area contributed by atoms with E-state index in [-0.39, 0.29) is 51.7 Å². The van der Waals surface area contributed by atoms with Crippen molar-refractivity contribution in [1.82, 2.24) is 24.4 Å². The number of halogens is 3. The first kappa shape index (κ1) is 44.9. The van der Waals surface area contributed by atoms with Gasteiger partial charge in [-0.25, -0.2) is 17.7 Å². The van der Waals surface area contributed by atoms with Crippen molar-refractivity contribution in [3.8, 4) is 22.8 Å². The smallest absolute Gasteiger partial charge is 0.391 e. The Morgan fingerprint density at radius 2 is 1.71 bits per heavy atom. The number of alkyl halides is 3. The van der Waals surface area contributed by atoms with Crippen LogP contribution in [0, 0.1) is 30.1 Å². The first-order valence-corrected chi connectivity index (χ1v) is 22.2. The van der Waals surface area contributed by atoms with Gasteiger partial charge < -0.3 is 24.6 Å². The molecule has 2 saturated carbocycles.